The highest BCUT2D eigenvalue weighted by Crippen LogP contribution is 2.25. The lowest BCUT2D eigenvalue weighted by molar-refractivity contribution is 0.0946. The molecule has 96 valence electrons. The van der Waals surface area contributed by atoms with Gasteiger partial charge in [-0.1, -0.05) is 6.07 Å². The number of halogens is 2. The molecule has 3 rings (SSSR count). The van der Waals surface area contributed by atoms with Gasteiger partial charge in [0, 0.05) is 17.7 Å². The molecule has 0 fully saturated rings. The smallest absolute Gasteiger partial charge is 0.251 e. The molecule has 0 unspecified atom stereocenters. The van der Waals surface area contributed by atoms with Gasteiger partial charge >= 0.3 is 0 Å². The predicted octanol–water partition coefficient (Wildman–Crippen LogP) is 2.22. The first-order chi connectivity index (χ1) is 9.15. The predicted molar refractivity (Wildman–Crippen MR) is 68.5 cm³/mol. The molecule has 2 heterocycles. The Morgan fingerprint density at radius 2 is 2.21 bits per heavy atom. The molecule has 1 aromatic heterocycles. The summed E-state index contributed by atoms with van der Waals surface area (Å²) in [5.41, 5.74) is 2.25. The molecule has 1 N–H and O–H groups in total. The minimum absolute atomic E-state index is 0.00753. The van der Waals surface area contributed by atoms with Gasteiger partial charge in [-0.25, -0.2) is 14.4 Å². The second-order valence-electron chi connectivity index (χ2n) is 4.21. The Morgan fingerprint density at radius 1 is 1.37 bits per heavy atom. The van der Waals surface area contributed by atoms with E-state index in [2.05, 4.69) is 15.3 Å². The molecule has 0 radical (unpaired) electrons. The maximum atomic E-state index is 13.7. The summed E-state index contributed by atoms with van der Waals surface area (Å²) in [5.74, 6) is -0.640. The lowest BCUT2D eigenvalue weighted by atomic mass is 9.96. The number of hydrogen-bond donors (Lipinski definition) is 1. The zero-order valence-electron chi connectivity index (χ0n) is 9.78. The molecule has 1 aliphatic heterocycles. The highest BCUT2D eigenvalue weighted by Gasteiger charge is 2.18. The summed E-state index contributed by atoms with van der Waals surface area (Å²) in [4.78, 5) is 19.1. The highest BCUT2D eigenvalue weighted by atomic mass is 35.5. The molecule has 6 heteroatoms. The number of benzene rings is 1. The molecule has 19 heavy (non-hydrogen) atoms. The number of nitrogens with one attached hydrogen (secondary N) is 1. The third kappa shape index (κ3) is 2.17. The topological polar surface area (TPSA) is 54.9 Å². The standard InChI is InChI=1S/C13H9ClFN3O/c14-13-17-6-10(15)11(18-13)8-1-2-9-7(5-8)3-4-16-12(9)19/h1-2,5-6H,3-4H2,(H,16,19). The Morgan fingerprint density at radius 3 is 3.05 bits per heavy atom. The fourth-order valence-electron chi connectivity index (χ4n) is 2.12. The van der Waals surface area contributed by atoms with Crippen LogP contribution in [0.1, 0.15) is 15.9 Å². The monoisotopic (exact) mass is 277 g/mol. The van der Waals surface area contributed by atoms with Gasteiger partial charge in [0.05, 0.1) is 6.20 Å². The van der Waals surface area contributed by atoms with E-state index in [1.54, 1.807) is 18.2 Å². The van der Waals surface area contributed by atoms with E-state index in [-0.39, 0.29) is 16.9 Å². The summed E-state index contributed by atoms with van der Waals surface area (Å²) in [7, 11) is 0. The van der Waals surface area contributed by atoms with Gasteiger partial charge in [-0.05, 0) is 35.7 Å². The second kappa shape index (κ2) is 4.59. The van der Waals surface area contributed by atoms with Gasteiger partial charge in [0.2, 0.25) is 5.28 Å². The average molecular weight is 278 g/mol. The first-order valence-corrected chi connectivity index (χ1v) is 6.12. The molecule has 4 nitrogen and oxygen atoms in total. The fraction of sp³-hybridized carbons (Fsp3) is 0.154. The Labute approximate surface area is 113 Å². The number of fused-ring (bicyclic) bond motifs is 1. The van der Waals surface area contributed by atoms with Crippen LogP contribution in [0.3, 0.4) is 0 Å². The number of carbonyl (C=O) groups excluding carboxylic acids is 1. The van der Waals surface area contributed by atoms with Crippen molar-refractivity contribution in [3.63, 3.8) is 0 Å². The minimum atomic E-state index is -0.537. The zero-order valence-corrected chi connectivity index (χ0v) is 10.5. The number of aromatic nitrogens is 2. The number of nitrogens with zero attached hydrogens (tertiary/aromatic N) is 2. The Bertz CT molecular complexity index is 675. The van der Waals surface area contributed by atoms with Gasteiger partial charge < -0.3 is 5.32 Å². The fourth-order valence-corrected chi connectivity index (χ4v) is 2.26. The number of rotatable bonds is 1. The van der Waals surface area contributed by atoms with E-state index >= 15 is 0 Å². The van der Waals surface area contributed by atoms with Crippen LogP contribution in [0, 0.1) is 5.82 Å². The molecule has 0 spiro atoms. The lowest BCUT2D eigenvalue weighted by Crippen LogP contribution is -2.31. The first kappa shape index (κ1) is 12.0. The quantitative estimate of drug-likeness (QED) is 0.813. The van der Waals surface area contributed by atoms with Crippen LogP contribution in [-0.2, 0) is 6.42 Å². The van der Waals surface area contributed by atoms with Crippen LogP contribution in [-0.4, -0.2) is 22.4 Å². The highest BCUT2D eigenvalue weighted by molar-refractivity contribution is 6.28. The molecule has 1 aromatic carbocycles. The third-order valence-electron chi connectivity index (χ3n) is 3.02. The van der Waals surface area contributed by atoms with E-state index < -0.39 is 5.82 Å². The van der Waals surface area contributed by atoms with Crippen molar-refractivity contribution in [2.75, 3.05) is 6.54 Å². The van der Waals surface area contributed by atoms with Gasteiger partial charge in [0.15, 0.2) is 5.82 Å². The molecule has 0 saturated carbocycles. The maximum Gasteiger partial charge on any atom is 0.251 e. The molecule has 0 saturated heterocycles. The summed E-state index contributed by atoms with van der Waals surface area (Å²) >= 11 is 5.68. The Kier molecular flexibility index (Phi) is 2.91. The molecule has 0 bridgehead atoms. The van der Waals surface area contributed by atoms with Crippen LogP contribution >= 0.6 is 11.6 Å². The molecular weight excluding hydrogens is 269 g/mol. The summed E-state index contributed by atoms with van der Waals surface area (Å²) in [5, 5.41) is 2.75. The summed E-state index contributed by atoms with van der Waals surface area (Å²) in [6.45, 7) is 0.586. The Hall–Kier alpha value is -2.01. The number of amides is 1. The van der Waals surface area contributed by atoms with Crippen LogP contribution in [0.5, 0.6) is 0 Å². The summed E-state index contributed by atoms with van der Waals surface area (Å²) in [6.07, 6.45) is 1.76. The number of hydrogen-bond acceptors (Lipinski definition) is 3. The van der Waals surface area contributed by atoms with Crippen molar-refractivity contribution in [1.29, 1.82) is 0 Å². The van der Waals surface area contributed by atoms with Crippen molar-refractivity contribution >= 4 is 17.5 Å². The Balaban J connectivity index is 2.11. The van der Waals surface area contributed by atoms with Crippen LogP contribution in [0.25, 0.3) is 11.3 Å². The van der Waals surface area contributed by atoms with Gasteiger partial charge in [-0.2, -0.15) is 0 Å². The second-order valence-corrected chi connectivity index (χ2v) is 4.55. The number of carbonyl (C=O) groups is 1. The van der Waals surface area contributed by atoms with Crippen LogP contribution in [0.15, 0.2) is 24.4 Å². The van der Waals surface area contributed by atoms with E-state index in [1.807, 2.05) is 0 Å². The van der Waals surface area contributed by atoms with E-state index in [0.717, 1.165) is 18.2 Å². The van der Waals surface area contributed by atoms with Gasteiger partial charge in [-0.3, -0.25) is 4.79 Å². The lowest BCUT2D eigenvalue weighted by Gasteiger charge is -2.17. The minimum Gasteiger partial charge on any atom is -0.352 e. The molecule has 0 aliphatic carbocycles. The van der Waals surface area contributed by atoms with E-state index in [4.69, 9.17) is 11.6 Å². The van der Waals surface area contributed by atoms with Crippen molar-refractivity contribution in [1.82, 2.24) is 15.3 Å². The maximum absolute atomic E-state index is 13.7. The van der Waals surface area contributed by atoms with Gasteiger partial charge in [0.25, 0.3) is 5.91 Å². The van der Waals surface area contributed by atoms with Crippen molar-refractivity contribution in [3.8, 4) is 11.3 Å². The summed E-state index contributed by atoms with van der Waals surface area (Å²) < 4.78 is 13.7. The first-order valence-electron chi connectivity index (χ1n) is 5.74. The molecule has 0 atom stereocenters. The van der Waals surface area contributed by atoms with Crippen molar-refractivity contribution in [2.24, 2.45) is 0 Å². The van der Waals surface area contributed by atoms with Crippen molar-refractivity contribution < 1.29 is 9.18 Å². The van der Waals surface area contributed by atoms with Crippen LogP contribution in [0.2, 0.25) is 5.28 Å². The molecular formula is C13H9ClFN3O. The van der Waals surface area contributed by atoms with Gasteiger partial charge in [0.1, 0.15) is 5.69 Å². The van der Waals surface area contributed by atoms with Crippen molar-refractivity contribution in [2.45, 2.75) is 6.42 Å². The molecule has 1 aliphatic rings. The summed E-state index contributed by atoms with van der Waals surface area (Å²) in [6, 6.07) is 5.11. The normalized spacial score (nSPS) is 13.9. The average Bonchev–Trinajstić information content (AvgIpc) is 2.41. The molecule has 1 amide bonds. The van der Waals surface area contributed by atoms with Crippen molar-refractivity contribution in [3.05, 3.63) is 46.6 Å². The van der Waals surface area contributed by atoms with Crippen LogP contribution in [0.4, 0.5) is 4.39 Å². The van der Waals surface area contributed by atoms with Gasteiger partial charge in [-0.15, -0.1) is 0 Å². The van der Waals surface area contributed by atoms with Crippen LogP contribution < -0.4 is 5.32 Å². The SMILES string of the molecule is O=C1NCCc2cc(-c3nc(Cl)ncc3F)ccc21. The third-order valence-corrected chi connectivity index (χ3v) is 3.20. The van der Waals surface area contributed by atoms with E-state index in [9.17, 15) is 9.18 Å². The van der Waals surface area contributed by atoms with E-state index in [0.29, 0.717) is 17.7 Å². The zero-order chi connectivity index (χ0) is 13.4. The van der Waals surface area contributed by atoms with E-state index in [1.165, 1.54) is 0 Å². The largest absolute Gasteiger partial charge is 0.352 e. The molecule has 2 aromatic rings.